The first-order valence-electron chi connectivity index (χ1n) is 16.8. The smallest absolute Gasteiger partial charge is 0.405 e. The van der Waals surface area contributed by atoms with Crippen LogP contribution in [0.15, 0.2) is 63.2 Å². The van der Waals surface area contributed by atoms with E-state index in [9.17, 15) is 24.3 Å². The number of nitrogens with zero attached hydrogens (tertiary/aromatic N) is 2. The molecule has 0 aromatic rings. The number of methoxy groups -OCH3 is 3. The molecule has 13 heteroatoms. The second-order valence-electron chi connectivity index (χ2n) is 12.9. The summed E-state index contributed by atoms with van der Waals surface area (Å²) < 4.78 is 22.3. The van der Waals surface area contributed by atoms with E-state index >= 15 is 0 Å². The maximum absolute atomic E-state index is 14.2. The van der Waals surface area contributed by atoms with Gasteiger partial charge in [-0.3, -0.25) is 19.4 Å². The number of ether oxygens (including phenoxy) is 4. The van der Waals surface area contributed by atoms with Gasteiger partial charge in [-0.15, -0.1) is 0 Å². The van der Waals surface area contributed by atoms with Gasteiger partial charge in [0.25, 0.3) is 5.91 Å². The molecule has 270 valence electrons. The van der Waals surface area contributed by atoms with Crippen LogP contribution in [0.4, 0.5) is 4.79 Å². The monoisotopic (exact) mass is 684 g/mol. The maximum atomic E-state index is 14.2. The summed E-state index contributed by atoms with van der Waals surface area (Å²) in [6.45, 7) is 8.40. The van der Waals surface area contributed by atoms with E-state index in [1.54, 1.807) is 39.0 Å². The minimum Gasteiger partial charge on any atom is -0.492 e. The van der Waals surface area contributed by atoms with Crippen LogP contribution < -0.4 is 11.1 Å². The molecule has 3 aliphatic rings. The number of ketones is 2. The number of rotatable bonds is 6. The number of aliphatic hydroxyl groups excluding tert-OH is 1. The van der Waals surface area contributed by atoms with Crippen molar-refractivity contribution in [2.75, 3.05) is 34.4 Å². The Morgan fingerprint density at radius 1 is 1.04 bits per heavy atom. The lowest BCUT2D eigenvalue weighted by Crippen LogP contribution is -2.38. The number of allylic oxidation sites excluding steroid dienone is 4. The van der Waals surface area contributed by atoms with Crippen molar-refractivity contribution < 1.29 is 43.2 Å². The van der Waals surface area contributed by atoms with Crippen LogP contribution in [-0.2, 0) is 33.3 Å². The molecule has 2 heterocycles. The first-order chi connectivity index (χ1) is 23.3. The number of fused-ring (bicyclic) bond motifs is 2. The Hall–Kier alpha value is -4.07. The molecule has 1 fully saturated rings. The van der Waals surface area contributed by atoms with Gasteiger partial charge in [0.2, 0.25) is 11.6 Å². The molecule has 1 saturated heterocycles. The van der Waals surface area contributed by atoms with Crippen molar-refractivity contribution >= 4 is 29.8 Å². The van der Waals surface area contributed by atoms with Gasteiger partial charge in [0.1, 0.15) is 11.8 Å². The van der Waals surface area contributed by atoms with Crippen molar-refractivity contribution in [3.05, 3.63) is 58.1 Å². The van der Waals surface area contributed by atoms with Crippen LogP contribution in [0, 0.1) is 11.8 Å². The summed E-state index contributed by atoms with van der Waals surface area (Å²) in [5, 5.41) is 20.4. The number of hydrazone groups is 1. The van der Waals surface area contributed by atoms with E-state index in [4.69, 9.17) is 24.7 Å². The third-order valence-electron chi connectivity index (χ3n) is 9.07. The summed E-state index contributed by atoms with van der Waals surface area (Å²) >= 11 is 0. The second-order valence-corrected chi connectivity index (χ2v) is 12.9. The zero-order chi connectivity index (χ0) is 36.2. The van der Waals surface area contributed by atoms with E-state index in [0.717, 1.165) is 25.7 Å². The number of primary amides is 1. The number of hydrogen-bond donors (Lipinski definition) is 3. The van der Waals surface area contributed by atoms with Crippen LogP contribution in [0.5, 0.6) is 0 Å². The predicted molar refractivity (Wildman–Crippen MR) is 184 cm³/mol. The van der Waals surface area contributed by atoms with Crippen LogP contribution in [0.1, 0.15) is 66.2 Å². The lowest BCUT2D eigenvalue weighted by Gasteiger charge is -2.30. The van der Waals surface area contributed by atoms with Gasteiger partial charge < -0.3 is 35.1 Å². The van der Waals surface area contributed by atoms with E-state index in [1.165, 1.54) is 33.6 Å². The van der Waals surface area contributed by atoms with Crippen LogP contribution in [0.3, 0.4) is 0 Å². The minimum absolute atomic E-state index is 0.0727. The first-order valence-corrected chi connectivity index (χ1v) is 16.8. The summed E-state index contributed by atoms with van der Waals surface area (Å²) in [4.78, 5) is 53.5. The molecule has 0 spiro atoms. The zero-order valence-electron chi connectivity index (χ0n) is 29.7. The van der Waals surface area contributed by atoms with Gasteiger partial charge in [0.15, 0.2) is 11.9 Å². The summed E-state index contributed by atoms with van der Waals surface area (Å²) in [6, 6.07) is 0. The number of Topliss-reactive ketones (excluding diaryl/α,β-unsaturated/α-hetero) is 2. The van der Waals surface area contributed by atoms with Crippen molar-refractivity contribution in [3.8, 4) is 0 Å². The molecule has 2 aliphatic heterocycles. The molecular weight excluding hydrogens is 632 g/mol. The van der Waals surface area contributed by atoms with E-state index in [0.29, 0.717) is 25.1 Å². The number of hydrogen-bond acceptors (Lipinski definition) is 11. The standard InChI is InChI=1S/C36H52N4O9/c1-21-17-25-31(42)29(26(32(43)34(25)48-7)20-38-40-15-10-8-9-11-16-40)39-35(44)22(2)13-12-14-27(46-5)33(49-36(37)45)24(4)19-23(3)30(41)28(18-21)47-6/h12-14,19-21,23,27-28,30,33,41H,8-11,15-18H2,1-7H3,(H2,37,45)(H,39,44). The number of carbonyl (C=O) groups excluding carboxylic acids is 4. The van der Waals surface area contributed by atoms with Gasteiger partial charge in [-0.2, -0.15) is 5.10 Å². The molecule has 6 atom stereocenters. The molecule has 4 N–H and O–H groups in total. The summed E-state index contributed by atoms with van der Waals surface area (Å²) in [5.41, 5.74) is 6.05. The Kier molecular flexibility index (Phi) is 15.0. The molecule has 0 saturated carbocycles. The SMILES string of the molecule is COC1=C2CC(C)CC(OC)C(O)C(C)C=C(C)C(OC(N)=O)C(OC)C=CC=C(C)C(=O)NC(=C(C=NN3CCCCCC3)C1=O)C2=O. The maximum Gasteiger partial charge on any atom is 0.405 e. The molecule has 49 heavy (non-hydrogen) atoms. The number of nitrogens with two attached hydrogens (primary N) is 1. The molecule has 13 nitrogen and oxygen atoms in total. The highest BCUT2D eigenvalue weighted by atomic mass is 16.6. The molecule has 1 aliphatic carbocycles. The average molecular weight is 685 g/mol. The van der Waals surface area contributed by atoms with Gasteiger partial charge >= 0.3 is 6.09 Å². The Labute approximate surface area is 288 Å². The Bertz CT molecular complexity index is 1420. The molecule has 0 aromatic carbocycles. The normalized spacial score (nSPS) is 28.7. The van der Waals surface area contributed by atoms with E-state index in [2.05, 4.69) is 10.4 Å². The van der Waals surface area contributed by atoms with Gasteiger partial charge in [-0.05, 0) is 51.0 Å². The Morgan fingerprint density at radius 3 is 2.31 bits per heavy atom. The number of aliphatic hydroxyl groups is 1. The van der Waals surface area contributed by atoms with E-state index in [1.807, 2.05) is 11.9 Å². The molecule has 2 bridgehead atoms. The first kappa shape index (κ1) is 39.4. The molecular formula is C36H52N4O9. The third kappa shape index (κ3) is 10.5. The highest BCUT2D eigenvalue weighted by Gasteiger charge is 2.38. The van der Waals surface area contributed by atoms with Gasteiger partial charge in [-0.1, -0.05) is 51.0 Å². The Morgan fingerprint density at radius 2 is 1.71 bits per heavy atom. The zero-order valence-corrected chi connectivity index (χ0v) is 29.7. The average Bonchev–Trinajstić information content (AvgIpc) is 3.34. The van der Waals surface area contributed by atoms with E-state index < -0.39 is 53.9 Å². The lowest BCUT2D eigenvalue weighted by atomic mass is 9.84. The fourth-order valence-corrected chi connectivity index (χ4v) is 6.30. The fraction of sp³-hybridized carbons (Fsp3) is 0.583. The van der Waals surface area contributed by atoms with Gasteiger partial charge in [0.05, 0.1) is 31.1 Å². The Balaban J connectivity index is 2.15. The van der Waals surface area contributed by atoms with Crippen LogP contribution in [-0.4, -0.2) is 98.7 Å². The quantitative estimate of drug-likeness (QED) is 0.213. The van der Waals surface area contributed by atoms with Crippen molar-refractivity contribution in [1.29, 1.82) is 0 Å². The minimum atomic E-state index is -1.01. The highest BCUT2D eigenvalue weighted by molar-refractivity contribution is 6.32. The van der Waals surface area contributed by atoms with E-state index in [-0.39, 0.29) is 40.5 Å². The summed E-state index contributed by atoms with van der Waals surface area (Å²) in [7, 11) is 4.26. The van der Waals surface area contributed by atoms with Gasteiger partial charge in [0, 0.05) is 44.4 Å². The molecule has 0 aromatic heterocycles. The summed E-state index contributed by atoms with van der Waals surface area (Å²) in [5.74, 6) is -2.57. The summed E-state index contributed by atoms with van der Waals surface area (Å²) in [6.07, 6.45) is 7.89. The van der Waals surface area contributed by atoms with Crippen molar-refractivity contribution in [2.45, 2.75) is 90.6 Å². The predicted octanol–water partition coefficient (Wildman–Crippen LogP) is 3.64. The largest absolute Gasteiger partial charge is 0.492 e. The van der Waals surface area contributed by atoms with Crippen LogP contribution in [0.2, 0.25) is 0 Å². The lowest BCUT2D eigenvalue weighted by molar-refractivity contribution is -0.121. The topological polar surface area (TPSA) is 179 Å². The van der Waals surface area contributed by atoms with Crippen LogP contribution in [0.25, 0.3) is 0 Å². The molecule has 0 radical (unpaired) electrons. The van der Waals surface area contributed by atoms with Crippen molar-refractivity contribution in [3.63, 3.8) is 0 Å². The number of amides is 2. The third-order valence-corrected chi connectivity index (χ3v) is 9.07. The molecule has 2 amide bonds. The number of nitrogens with one attached hydrogen (secondary N) is 1. The molecule has 3 rings (SSSR count). The van der Waals surface area contributed by atoms with Crippen molar-refractivity contribution in [1.82, 2.24) is 10.3 Å². The number of carbonyl (C=O) groups is 4. The highest BCUT2D eigenvalue weighted by Crippen LogP contribution is 2.31. The fourth-order valence-electron chi connectivity index (χ4n) is 6.30. The second kappa shape index (κ2) is 18.6. The molecule has 6 unspecified atom stereocenters. The van der Waals surface area contributed by atoms with Gasteiger partial charge in [-0.25, -0.2) is 4.79 Å². The van der Waals surface area contributed by atoms with Crippen LogP contribution >= 0.6 is 0 Å². The van der Waals surface area contributed by atoms with Crippen molar-refractivity contribution in [2.24, 2.45) is 22.7 Å².